The Morgan fingerprint density at radius 3 is 2.11 bits per heavy atom. The first-order valence-electron chi connectivity index (χ1n) is 18.9. The number of para-hydroxylation sites is 1. The molecule has 2 heterocycles. The van der Waals surface area contributed by atoms with Gasteiger partial charge in [0.1, 0.15) is 18.1 Å². The molecule has 286 valence electrons. The van der Waals surface area contributed by atoms with Crippen LogP contribution in [0.5, 0.6) is 0 Å². The lowest BCUT2D eigenvalue weighted by Crippen LogP contribution is -2.62. The standard InChI is InChI=1S/C42H53N7O5/c1-28(2)20-22-44-39(51)34(25-31-26-45-33-18-10-9-17-32(31)33)48-40(52)37(19-11-12-21-43)49-41(53)35(23-29-13-5-3-6-14-29)46-27-38(50)47-36(42(49)54)24-30-15-7-4-8-16-30/h3-10,13-18,26,28,34-37,45-46H,11-12,19-25,27,43H2,1-2H3,(H,44,51)(H,47,50)(H,48,52)/t34-,35-,36-,37-/m0/s1. The number of hydrogen-bond donors (Lipinski definition) is 6. The first kappa shape index (κ1) is 39.9. The lowest BCUT2D eigenvalue weighted by Gasteiger charge is -2.34. The molecule has 0 aliphatic carbocycles. The van der Waals surface area contributed by atoms with Crippen molar-refractivity contribution in [2.45, 2.75) is 83.0 Å². The van der Waals surface area contributed by atoms with Crippen LogP contribution in [0.2, 0.25) is 0 Å². The van der Waals surface area contributed by atoms with Crippen LogP contribution in [-0.2, 0) is 43.2 Å². The average Bonchev–Trinajstić information content (AvgIpc) is 3.59. The van der Waals surface area contributed by atoms with Gasteiger partial charge in [0.15, 0.2) is 0 Å². The molecule has 0 saturated carbocycles. The zero-order valence-electron chi connectivity index (χ0n) is 31.2. The van der Waals surface area contributed by atoms with E-state index in [2.05, 4.69) is 40.1 Å². The van der Waals surface area contributed by atoms with Crippen LogP contribution in [-0.4, -0.2) is 83.2 Å². The summed E-state index contributed by atoms with van der Waals surface area (Å²) in [7, 11) is 0. The third kappa shape index (κ3) is 10.9. The van der Waals surface area contributed by atoms with Crippen molar-refractivity contribution in [2.75, 3.05) is 19.6 Å². The molecule has 1 saturated heterocycles. The number of nitrogens with zero attached hydrogens (tertiary/aromatic N) is 1. The lowest BCUT2D eigenvalue weighted by molar-refractivity contribution is -0.155. The highest BCUT2D eigenvalue weighted by Gasteiger charge is 2.43. The van der Waals surface area contributed by atoms with Crippen LogP contribution < -0.4 is 27.0 Å². The molecule has 3 aromatic carbocycles. The summed E-state index contributed by atoms with van der Waals surface area (Å²) in [5.41, 5.74) is 9.19. The number of amides is 5. The number of carbonyl (C=O) groups excluding carboxylic acids is 5. The van der Waals surface area contributed by atoms with Gasteiger partial charge in [-0.1, -0.05) is 92.7 Å². The molecule has 0 spiro atoms. The summed E-state index contributed by atoms with van der Waals surface area (Å²) in [6.45, 7) is 4.70. The van der Waals surface area contributed by atoms with E-state index in [-0.39, 0.29) is 38.1 Å². The van der Waals surface area contributed by atoms with Crippen LogP contribution in [0, 0.1) is 5.92 Å². The third-order valence-corrected chi connectivity index (χ3v) is 9.78. The Morgan fingerprint density at radius 2 is 1.44 bits per heavy atom. The zero-order valence-corrected chi connectivity index (χ0v) is 31.2. The van der Waals surface area contributed by atoms with E-state index in [0.717, 1.165) is 38.9 Å². The average molecular weight is 736 g/mol. The van der Waals surface area contributed by atoms with Crippen LogP contribution in [0.25, 0.3) is 10.9 Å². The lowest BCUT2D eigenvalue weighted by atomic mass is 9.98. The first-order chi connectivity index (χ1) is 26.1. The Hall–Kier alpha value is -5.33. The van der Waals surface area contributed by atoms with E-state index in [1.807, 2.05) is 91.1 Å². The van der Waals surface area contributed by atoms with E-state index < -0.39 is 47.8 Å². The summed E-state index contributed by atoms with van der Waals surface area (Å²) in [5, 5.41) is 12.8. The molecule has 5 rings (SSSR count). The number of nitrogens with two attached hydrogens (primary N) is 1. The summed E-state index contributed by atoms with van der Waals surface area (Å²) in [6, 6.07) is 21.8. The predicted molar refractivity (Wildman–Crippen MR) is 209 cm³/mol. The molecule has 1 aliphatic rings. The van der Waals surface area contributed by atoms with Crippen LogP contribution in [0.4, 0.5) is 0 Å². The van der Waals surface area contributed by atoms with Crippen LogP contribution in [0.1, 0.15) is 56.2 Å². The molecule has 4 aromatic rings. The summed E-state index contributed by atoms with van der Waals surface area (Å²) in [4.78, 5) is 75.7. The number of unbranched alkanes of at least 4 members (excludes halogenated alkanes) is 1. The maximum Gasteiger partial charge on any atom is 0.252 e. The molecule has 7 N–H and O–H groups in total. The van der Waals surface area contributed by atoms with Gasteiger partial charge in [-0.15, -0.1) is 0 Å². The minimum Gasteiger partial charge on any atom is -0.361 e. The van der Waals surface area contributed by atoms with Gasteiger partial charge in [0.2, 0.25) is 23.6 Å². The van der Waals surface area contributed by atoms with Crippen molar-refractivity contribution in [3.05, 3.63) is 108 Å². The van der Waals surface area contributed by atoms with Crippen molar-refractivity contribution in [2.24, 2.45) is 11.7 Å². The monoisotopic (exact) mass is 735 g/mol. The normalized spacial score (nSPS) is 17.7. The van der Waals surface area contributed by atoms with Crippen molar-refractivity contribution in [3.8, 4) is 0 Å². The Morgan fingerprint density at radius 1 is 0.815 bits per heavy atom. The van der Waals surface area contributed by atoms with E-state index >= 15 is 0 Å². The minimum absolute atomic E-state index is 0.108. The molecule has 54 heavy (non-hydrogen) atoms. The Labute approximate surface area is 317 Å². The number of aromatic amines is 1. The van der Waals surface area contributed by atoms with E-state index in [1.54, 1.807) is 0 Å². The maximum absolute atomic E-state index is 14.8. The number of hydrogen-bond acceptors (Lipinski definition) is 7. The molecule has 0 unspecified atom stereocenters. The van der Waals surface area contributed by atoms with Gasteiger partial charge >= 0.3 is 0 Å². The van der Waals surface area contributed by atoms with Crippen molar-refractivity contribution in [3.63, 3.8) is 0 Å². The van der Waals surface area contributed by atoms with E-state index in [1.165, 1.54) is 0 Å². The third-order valence-electron chi connectivity index (χ3n) is 9.78. The van der Waals surface area contributed by atoms with Gasteiger partial charge in [-0.3, -0.25) is 34.2 Å². The maximum atomic E-state index is 14.8. The molecule has 1 aromatic heterocycles. The highest BCUT2D eigenvalue weighted by Crippen LogP contribution is 2.21. The Balaban J connectivity index is 1.52. The van der Waals surface area contributed by atoms with Gasteiger partial charge in [0, 0.05) is 36.5 Å². The number of aromatic nitrogens is 1. The largest absolute Gasteiger partial charge is 0.361 e. The number of carbonyl (C=O) groups is 5. The Bertz CT molecular complexity index is 1860. The van der Waals surface area contributed by atoms with Gasteiger partial charge in [0.05, 0.1) is 12.6 Å². The topological polar surface area (TPSA) is 179 Å². The molecule has 12 nitrogen and oxygen atoms in total. The molecule has 4 atom stereocenters. The molecule has 1 aliphatic heterocycles. The van der Waals surface area contributed by atoms with E-state index in [9.17, 15) is 24.0 Å². The van der Waals surface area contributed by atoms with Gasteiger partial charge in [-0.2, -0.15) is 0 Å². The van der Waals surface area contributed by atoms with Crippen molar-refractivity contribution < 1.29 is 24.0 Å². The quantitative estimate of drug-likeness (QED) is 0.0713. The molecule has 12 heteroatoms. The molecule has 0 radical (unpaired) electrons. The smallest absolute Gasteiger partial charge is 0.252 e. The fourth-order valence-corrected chi connectivity index (χ4v) is 6.82. The molecule has 5 amide bonds. The van der Waals surface area contributed by atoms with Crippen LogP contribution in [0.3, 0.4) is 0 Å². The summed E-state index contributed by atoms with van der Waals surface area (Å²) >= 11 is 0. The number of benzene rings is 3. The summed E-state index contributed by atoms with van der Waals surface area (Å²) in [5.74, 6) is -2.41. The molecule has 1 fully saturated rings. The number of H-pyrrole nitrogens is 1. The van der Waals surface area contributed by atoms with Crippen LogP contribution in [0.15, 0.2) is 91.1 Å². The van der Waals surface area contributed by atoms with E-state index in [0.29, 0.717) is 31.8 Å². The van der Waals surface area contributed by atoms with Crippen molar-refractivity contribution in [1.29, 1.82) is 0 Å². The fraction of sp³-hybridized carbons (Fsp3) is 0.405. The van der Waals surface area contributed by atoms with Gasteiger partial charge in [-0.25, -0.2) is 0 Å². The van der Waals surface area contributed by atoms with Crippen LogP contribution >= 0.6 is 0 Å². The number of fused-ring (bicyclic) bond motifs is 1. The van der Waals surface area contributed by atoms with Crippen molar-refractivity contribution >= 4 is 40.4 Å². The summed E-state index contributed by atoms with van der Waals surface area (Å²) < 4.78 is 0. The minimum atomic E-state index is -1.29. The Kier molecular flexibility index (Phi) is 14.5. The molecule has 0 bridgehead atoms. The SMILES string of the molecule is CC(C)CCNC(=O)[C@H](Cc1c[nH]c2ccccc12)NC(=O)[C@H](CCCCN)N1C(=O)[C@H](Cc2ccccc2)NCC(=O)N[C@@H](Cc2ccccc2)C1=O. The van der Waals surface area contributed by atoms with Gasteiger partial charge < -0.3 is 26.7 Å². The van der Waals surface area contributed by atoms with Crippen molar-refractivity contribution in [1.82, 2.24) is 31.2 Å². The second-order valence-corrected chi connectivity index (χ2v) is 14.4. The van der Waals surface area contributed by atoms with Gasteiger partial charge in [-0.05, 0) is 67.3 Å². The fourth-order valence-electron chi connectivity index (χ4n) is 6.82. The highest BCUT2D eigenvalue weighted by molar-refractivity contribution is 6.06. The second-order valence-electron chi connectivity index (χ2n) is 14.4. The molecular weight excluding hydrogens is 683 g/mol. The highest BCUT2D eigenvalue weighted by atomic mass is 16.2. The predicted octanol–water partition coefficient (Wildman–Crippen LogP) is 3.15. The first-order valence-corrected chi connectivity index (χ1v) is 18.9. The van der Waals surface area contributed by atoms with Gasteiger partial charge in [0.25, 0.3) is 5.91 Å². The number of nitrogens with one attached hydrogen (secondary N) is 5. The number of imide groups is 1. The summed E-state index contributed by atoms with van der Waals surface area (Å²) in [6.07, 6.45) is 4.13. The number of rotatable bonds is 17. The zero-order chi connectivity index (χ0) is 38.5. The second kappa shape index (κ2) is 19.7. The van der Waals surface area contributed by atoms with E-state index in [4.69, 9.17) is 5.73 Å². The molecular formula is C42H53N7O5.